The number of hydrogen-bond acceptors (Lipinski definition) is 8. The molecule has 2 atom stereocenters. The van der Waals surface area contributed by atoms with Crippen molar-refractivity contribution < 1.29 is 23.8 Å². The lowest BCUT2D eigenvalue weighted by Crippen LogP contribution is -2.46. The Morgan fingerprint density at radius 2 is 1.56 bits per heavy atom. The van der Waals surface area contributed by atoms with Crippen molar-refractivity contribution in [2.45, 2.75) is 37.8 Å². The van der Waals surface area contributed by atoms with Crippen LogP contribution in [0, 0.1) is 0 Å². The second-order valence-corrected chi connectivity index (χ2v) is 13.5. The number of aromatic nitrogens is 2. The Labute approximate surface area is 288 Å². The molecule has 250 valence electrons. The maximum Gasteiger partial charge on any atom is 0.329 e. The van der Waals surface area contributed by atoms with E-state index in [-0.39, 0.29) is 12.0 Å². The molecule has 11 nitrogen and oxygen atoms in total. The van der Waals surface area contributed by atoms with Crippen molar-refractivity contribution in [2.75, 3.05) is 54.1 Å². The van der Waals surface area contributed by atoms with E-state index in [1.165, 1.54) is 4.90 Å². The first kappa shape index (κ1) is 32.3. The number of nitrogens with one attached hydrogen (secondary N) is 1. The van der Waals surface area contributed by atoms with Gasteiger partial charge in [-0.25, -0.2) is 14.7 Å². The maximum absolute atomic E-state index is 12.7. The van der Waals surface area contributed by atoms with Gasteiger partial charge in [0, 0.05) is 60.5 Å². The third-order valence-electron chi connectivity index (χ3n) is 8.90. The molecule has 1 aromatic heterocycles. The molecule has 3 aromatic carbocycles. The summed E-state index contributed by atoms with van der Waals surface area (Å²) in [6.45, 7) is 7.80. The fourth-order valence-electron chi connectivity index (χ4n) is 6.34. The van der Waals surface area contributed by atoms with Gasteiger partial charge >= 0.3 is 6.03 Å². The zero-order valence-corrected chi connectivity index (χ0v) is 28.2. The number of amides is 3. The normalized spacial score (nSPS) is 22.3. The molecule has 0 radical (unpaired) electrons. The number of piperazine rings is 1. The number of imidazole rings is 1. The Morgan fingerprint density at radius 1 is 0.917 bits per heavy atom. The van der Waals surface area contributed by atoms with Crippen molar-refractivity contribution in [2.24, 2.45) is 0 Å². The number of imide groups is 1. The van der Waals surface area contributed by atoms with Crippen molar-refractivity contribution >= 4 is 52.2 Å². The number of rotatable bonds is 9. The first-order valence-electron chi connectivity index (χ1n) is 15.8. The van der Waals surface area contributed by atoms with Crippen LogP contribution in [0.25, 0.3) is 0 Å². The molecule has 0 bridgehead atoms. The lowest BCUT2D eigenvalue weighted by Gasteiger charge is -2.37. The SMILES string of the molecule is CC1(C)NC(=O)N(c2ccc(N3CCN(c4ccc(OC[C@@H]5CO[C@@](Cn6ccnc6)(c6ccc(Cl)cc6Cl)O5)cc4)CC3)cc2)C1=O. The molecular formula is C35H36Cl2N6O5. The van der Waals surface area contributed by atoms with Crippen LogP contribution in [0.3, 0.4) is 0 Å². The van der Waals surface area contributed by atoms with Crippen LogP contribution in [0.4, 0.5) is 21.9 Å². The van der Waals surface area contributed by atoms with Crippen LogP contribution in [0.5, 0.6) is 5.75 Å². The Kier molecular flexibility index (Phi) is 8.71. The number of halogens is 2. The predicted molar refractivity (Wildman–Crippen MR) is 184 cm³/mol. The van der Waals surface area contributed by atoms with E-state index in [1.54, 1.807) is 38.5 Å². The van der Waals surface area contributed by atoms with Crippen LogP contribution in [-0.2, 0) is 26.6 Å². The summed E-state index contributed by atoms with van der Waals surface area (Å²) < 4.78 is 20.8. The molecule has 0 unspecified atom stereocenters. The minimum Gasteiger partial charge on any atom is -0.491 e. The van der Waals surface area contributed by atoms with E-state index >= 15 is 0 Å². The van der Waals surface area contributed by atoms with E-state index in [4.69, 9.17) is 37.4 Å². The van der Waals surface area contributed by atoms with Crippen LogP contribution in [0.15, 0.2) is 85.5 Å². The zero-order chi connectivity index (χ0) is 33.5. The van der Waals surface area contributed by atoms with E-state index in [1.807, 2.05) is 53.2 Å². The van der Waals surface area contributed by atoms with Gasteiger partial charge in [0.1, 0.15) is 24.0 Å². The van der Waals surface area contributed by atoms with E-state index in [9.17, 15) is 9.59 Å². The molecule has 3 aliphatic rings. The molecule has 13 heteroatoms. The summed E-state index contributed by atoms with van der Waals surface area (Å²) in [5, 5.41) is 3.73. The van der Waals surface area contributed by atoms with E-state index < -0.39 is 17.4 Å². The third-order valence-corrected chi connectivity index (χ3v) is 9.45. The number of nitrogens with zero attached hydrogens (tertiary/aromatic N) is 5. The molecule has 0 aliphatic carbocycles. The number of ether oxygens (including phenoxy) is 3. The molecule has 0 spiro atoms. The van der Waals surface area contributed by atoms with Gasteiger partial charge in [-0.15, -0.1) is 0 Å². The zero-order valence-electron chi connectivity index (χ0n) is 26.6. The molecule has 0 saturated carbocycles. The summed E-state index contributed by atoms with van der Waals surface area (Å²) in [6.07, 6.45) is 4.95. The lowest BCUT2D eigenvalue weighted by atomic mass is 10.1. The van der Waals surface area contributed by atoms with Crippen LogP contribution < -0.4 is 24.8 Å². The largest absolute Gasteiger partial charge is 0.491 e. The quantitative estimate of drug-likeness (QED) is 0.223. The Morgan fingerprint density at radius 3 is 2.15 bits per heavy atom. The average Bonchev–Trinajstić information content (AvgIpc) is 3.79. The maximum atomic E-state index is 12.7. The van der Waals surface area contributed by atoms with Gasteiger partial charge in [0.05, 0.1) is 30.2 Å². The van der Waals surface area contributed by atoms with Gasteiger partial charge in [-0.05, 0) is 74.5 Å². The average molecular weight is 692 g/mol. The highest BCUT2D eigenvalue weighted by atomic mass is 35.5. The number of hydrogen-bond donors (Lipinski definition) is 1. The van der Waals surface area contributed by atoms with Crippen molar-refractivity contribution in [1.82, 2.24) is 14.9 Å². The molecule has 48 heavy (non-hydrogen) atoms. The monoisotopic (exact) mass is 690 g/mol. The summed E-state index contributed by atoms with van der Waals surface area (Å²) in [4.78, 5) is 35.0. The Balaban J connectivity index is 0.925. The van der Waals surface area contributed by atoms with Crippen molar-refractivity contribution in [3.63, 3.8) is 0 Å². The topological polar surface area (TPSA) is 101 Å². The number of carbonyl (C=O) groups is 2. The van der Waals surface area contributed by atoms with Crippen LogP contribution >= 0.6 is 23.2 Å². The van der Waals surface area contributed by atoms with Gasteiger partial charge in [-0.3, -0.25) is 4.79 Å². The lowest BCUT2D eigenvalue weighted by molar-refractivity contribution is -0.189. The first-order chi connectivity index (χ1) is 23.1. The Bertz CT molecular complexity index is 1780. The highest BCUT2D eigenvalue weighted by molar-refractivity contribution is 6.35. The summed E-state index contributed by atoms with van der Waals surface area (Å²) in [5.74, 6) is -0.619. The second kappa shape index (κ2) is 13.0. The van der Waals surface area contributed by atoms with Crippen LogP contribution in [0.2, 0.25) is 10.0 Å². The van der Waals surface area contributed by atoms with Gasteiger partial charge in [-0.2, -0.15) is 0 Å². The van der Waals surface area contributed by atoms with Crippen molar-refractivity contribution in [3.8, 4) is 5.75 Å². The molecule has 3 fully saturated rings. The number of anilines is 3. The molecule has 3 aliphatic heterocycles. The van der Waals surface area contributed by atoms with Gasteiger partial charge < -0.3 is 33.9 Å². The second-order valence-electron chi connectivity index (χ2n) is 12.7. The van der Waals surface area contributed by atoms with E-state index in [0.29, 0.717) is 41.1 Å². The first-order valence-corrected chi connectivity index (χ1v) is 16.6. The van der Waals surface area contributed by atoms with Crippen molar-refractivity contribution in [3.05, 3.63) is 101 Å². The fraction of sp³-hybridized carbons (Fsp3) is 0.343. The summed E-state index contributed by atoms with van der Waals surface area (Å²) in [5.41, 5.74) is 2.54. The van der Waals surface area contributed by atoms with Crippen molar-refractivity contribution in [1.29, 1.82) is 0 Å². The number of carbonyl (C=O) groups excluding carboxylic acids is 2. The molecular weight excluding hydrogens is 655 g/mol. The molecule has 3 amide bonds. The minimum absolute atomic E-state index is 0.255. The van der Waals surface area contributed by atoms with Gasteiger partial charge in [0.2, 0.25) is 5.79 Å². The van der Waals surface area contributed by atoms with E-state index in [2.05, 4.69) is 32.2 Å². The standard InChI is InChI=1S/C35H36Cl2N6O5/c1-34(2)32(44)43(33(45)39-34)27-6-4-25(5-7-27)41-15-17-42(18-16-41)26-8-10-28(11-9-26)46-20-29-21-47-35(48-29,22-40-14-13-38-23-40)30-12-3-24(36)19-31(30)37/h3-14,19,23,29H,15-18,20-22H2,1-2H3,(H,39,45)/t29-,35-/m1/s1. The van der Waals surface area contributed by atoms with Gasteiger partial charge in [0.15, 0.2) is 0 Å². The summed E-state index contributed by atoms with van der Waals surface area (Å²) >= 11 is 12.8. The molecule has 1 N–H and O–H groups in total. The molecule has 7 rings (SSSR count). The van der Waals surface area contributed by atoms with E-state index in [0.717, 1.165) is 43.3 Å². The fourth-order valence-corrected chi connectivity index (χ4v) is 6.89. The summed E-state index contributed by atoms with van der Waals surface area (Å²) in [6, 6.07) is 20.6. The molecule has 4 aromatic rings. The highest BCUT2D eigenvalue weighted by Crippen LogP contribution is 2.40. The van der Waals surface area contributed by atoms with Crippen LogP contribution in [0.1, 0.15) is 19.4 Å². The molecule has 3 saturated heterocycles. The molecule has 4 heterocycles. The minimum atomic E-state index is -1.11. The van der Waals surface area contributed by atoms with Crippen LogP contribution in [-0.4, -0.2) is 72.5 Å². The predicted octanol–water partition coefficient (Wildman–Crippen LogP) is 5.70. The number of benzene rings is 3. The highest BCUT2D eigenvalue weighted by Gasteiger charge is 2.46. The smallest absolute Gasteiger partial charge is 0.329 e. The Hall–Kier alpha value is -4.29. The van der Waals surface area contributed by atoms with Gasteiger partial charge in [0.25, 0.3) is 5.91 Å². The van der Waals surface area contributed by atoms with Gasteiger partial charge in [-0.1, -0.05) is 29.3 Å². The summed E-state index contributed by atoms with van der Waals surface area (Å²) in [7, 11) is 0. The third kappa shape index (κ3) is 6.43. The number of urea groups is 1.